The van der Waals surface area contributed by atoms with Crippen molar-refractivity contribution in [1.82, 2.24) is 14.6 Å². The first-order valence-corrected chi connectivity index (χ1v) is 6.63. The van der Waals surface area contributed by atoms with Crippen LogP contribution in [0.2, 0.25) is 0 Å². The molecule has 0 aliphatic rings. The predicted molar refractivity (Wildman–Crippen MR) is 77.9 cm³/mol. The molecule has 0 radical (unpaired) electrons. The molecule has 5 heteroatoms. The predicted octanol–water partition coefficient (Wildman–Crippen LogP) is 2.57. The number of fused-ring (bicyclic) bond motifs is 1. The van der Waals surface area contributed by atoms with Gasteiger partial charge in [-0.05, 0) is 45.4 Å². The van der Waals surface area contributed by atoms with Crippen molar-refractivity contribution in [2.24, 2.45) is 7.05 Å². The summed E-state index contributed by atoms with van der Waals surface area (Å²) in [5.41, 5.74) is 2.74. The van der Waals surface area contributed by atoms with Crippen LogP contribution in [0.4, 0.5) is 0 Å². The van der Waals surface area contributed by atoms with Gasteiger partial charge in [-0.1, -0.05) is 6.07 Å². The van der Waals surface area contributed by atoms with Crippen LogP contribution in [0.1, 0.15) is 32.2 Å². The van der Waals surface area contributed by atoms with Gasteiger partial charge in [0.2, 0.25) is 6.41 Å². The lowest BCUT2D eigenvalue weighted by Crippen LogP contribution is -2.33. The van der Waals surface area contributed by atoms with Gasteiger partial charge in [0, 0.05) is 7.05 Å². The zero-order valence-corrected chi connectivity index (χ0v) is 12.7. The number of nitrogens with zero attached hydrogens (tertiary/aromatic N) is 3. The molecule has 0 saturated heterocycles. The number of rotatable bonds is 4. The van der Waals surface area contributed by atoms with E-state index in [4.69, 9.17) is 4.84 Å². The molecule has 1 aromatic carbocycles. The van der Waals surface area contributed by atoms with E-state index >= 15 is 0 Å². The minimum atomic E-state index is -0.415. The highest BCUT2D eigenvalue weighted by atomic mass is 16.7. The lowest BCUT2D eigenvalue weighted by atomic mass is 10.2. The average molecular weight is 275 g/mol. The second-order valence-corrected chi connectivity index (χ2v) is 5.96. The highest BCUT2D eigenvalue weighted by Gasteiger charge is 2.18. The second-order valence-electron chi connectivity index (χ2n) is 5.96. The molecular formula is C15H21N3O2. The maximum Gasteiger partial charge on any atom is 0.233 e. The maximum absolute atomic E-state index is 11.1. The van der Waals surface area contributed by atoms with Crippen LogP contribution in [0.15, 0.2) is 18.2 Å². The van der Waals surface area contributed by atoms with Crippen LogP contribution in [0.5, 0.6) is 0 Å². The molecule has 0 bridgehead atoms. The van der Waals surface area contributed by atoms with Crippen molar-refractivity contribution in [2.75, 3.05) is 0 Å². The molecule has 0 aliphatic carbocycles. The molecule has 108 valence electrons. The summed E-state index contributed by atoms with van der Waals surface area (Å²) in [4.78, 5) is 21.3. The molecule has 1 aromatic heterocycles. The molecule has 0 fully saturated rings. The first-order valence-electron chi connectivity index (χ1n) is 6.63. The Kier molecular flexibility index (Phi) is 3.81. The fourth-order valence-corrected chi connectivity index (χ4v) is 2.08. The van der Waals surface area contributed by atoms with E-state index in [1.165, 1.54) is 10.6 Å². The number of carbonyl (C=O) groups is 1. The summed E-state index contributed by atoms with van der Waals surface area (Å²) < 4.78 is 1.98. The van der Waals surface area contributed by atoms with Gasteiger partial charge >= 0.3 is 0 Å². The Morgan fingerprint density at radius 2 is 2.10 bits per heavy atom. The van der Waals surface area contributed by atoms with E-state index in [9.17, 15) is 4.79 Å². The molecule has 1 amide bonds. The number of imidazole rings is 1. The highest BCUT2D eigenvalue weighted by Crippen LogP contribution is 2.18. The zero-order chi connectivity index (χ0) is 14.9. The van der Waals surface area contributed by atoms with Gasteiger partial charge in [-0.25, -0.2) is 10.0 Å². The first kappa shape index (κ1) is 14.5. The fraction of sp³-hybridized carbons (Fsp3) is 0.467. The Labute approximate surface area is 119 Å². The molecule has 0 spiro atoms. The molecule has 0 N–H and O–H groups in total. The van der Waals surface area contributed by atoms with E-state index < -0.39 is 5.60 Å². The number of benzene rings is 1. The van der Waals surface area contributed by atoms with Crippen LogP contribution in [-0.2, 0) is 23.2 Å². The van der Waals surface area contributed by atoms with Gasteiger partial charge in [0.15, 0.2) is 0 Å². The molecule has 2 aromatic rings. The molecule has 20 heavy (non-hydrogen) atoms. The lowest BCUT2D eigenvalue weighted by Gasteiger charge is -2.26. The molecule has 1 heterocycles. The zero-order valence-electron chi connectivity index (χ0n) is 12.7. The third kappa shape index (κ3) is 3.17. The molecule has 5 nitrogen and oxygen atoms in total. The topological polar surface area (TPSA) is 47.4 Å². The minimum absolute atomic E-state index is 0.324. The Morgan fingerprint density at radius 3 is 2.70 bits per heavy atom. The molecular weight excluding hydrogens is 254 g/mol. The van der Waals surface area contributed by atoms with Crippen LogP contribution in [0, 0.1) is 6.92 Å². The summed E-state index contributed by atoms with van der Waals surface area (Å²) in [7, 11) is 1.94. The van der Waals surface area contributed by atoms with E-state index in [2.05, 4.69) is 11.1 Å². The van der Waals surface area contributed by atoms with Crippen LogP contribution in [-0.4, -0.2) is 26.6 Å². The van der Waals surface area contributed by atoms with Crippen LogP contribution in [0.3, 0.4) is 0 Å². The van der Waals surface area contributed by atoms with Gasteiger partial charge in [0.25, 0.3) is 0 Å². The number of hydroxylamine groups is 2. The normalized spacial score (nSPS) is 11.8. The van der Waals surface area contributed by atoms with Gasteiger partial charge in [-0.15, -0.1) is 0 Å². The smallest absolute Gasteiger partial charge is 0.233 e. The summed E-state index contributed by atoms with van der Waals surface area (Å²) in [5.74, 6) is 0.793. The Hall–Kier alpha value is -1.88. The van der Waals surface area contributed by atoms with Crippen LogP contribution >= 0.6 is 0 Å². The number of hydrogen-bond acceptors (Lipinski definition) is 3. The number of hydrogen-bond donors (Lipinski definition) is 0. The van der Waals surface area contributed by atoms with E-state index in [0.29, 0.717) is 13.0 Å². The third-order valence-corrected chi connectivity index (χ3v) is 2.93. The second kappa shape index (κ2) is 5.25. The minimum Gasteiger partial charge on any atom is -0.330 e. The van der Waals surface area contributed by atoms with E-state index in [1.54, 1.807) is 0 Å². The number of amides is 1. The van der Waals surface area contributed by atoms with Crippen molar-refractivity contribution in [3.63, 3.8) is 0 Å². The Balaban J connectivity index is 2.28. The van der Waals surface area contributed by atoms with Crippen molar-refractivity contribution in [2.45, 2.75) is 39.8 Å². The van der Waals surface area contributed by atoms with Crippen molar-refractivity contribution in [1.29, 1.82) is 0 Å². The van der Waals surface area contributed by atoms with Gasteiger partial charge in [0.1, 0.15) is 12.4 Å². The Morgan fingerprint density at radius 1 is 1.40 bits per heavy atom. The summed E-state index contributed by atoms with van der Waals surface area (Å²) in [6.45, 7) is 8.07. The average Bonchev–Trinajstić information content (AvgIpc) is 2.63. The van der Waals surface area contributed by atoms with Crippen molar-refractivity contribution < 1.29 is 9.63 Å². The number of aromatic nitrogens is 2. The molecule has 0 atom stereocenters. The summed E-state index contributed by atoms with van der Waals surface area (Å²) in [5, 5.41) is 1.29. The summed E-state index contributed by atoms with van der Waals surface area (Å²) in [6.07, 6.45) is 0.690. The van der Waals surface area contributed by atoms with Gasteiger partial charge in [0.05, 0.1) is 16.6 Å². The standard InChI is InChI=1S/C15H21N3O2/c1-11-6-7-13-12(8-11)16-14(17(13)5)9-18(10-19)20-15(2,3)4/h6-8,10H,9H2,1-5H3. The number of carbonyl (C=O) groups excluding carboxylic acids is 1. The quantitative estimate of drug-likeness (QED) is 0.636. The van der Waals surface area contributed by atoms with Crippen molar-refractivity contribution in [3.8, 4) is 0 Å². The largest absolute Gasteiger partial charge is 0.330 e. The number of aryl methyl sites for hydroxylation is 2. The molecule has 2 rings (SSSR count). The maximum atomic E-state index is 11.1. The Bertz CT molecular complexity index is 626. The lowest BCUT2D eigenvalue weighted by molar-refractivity contribution is -0.221. The third-order valence-electron chi connectivity index (χ3n) is 2.93. The molecule has 0 unspecified atom stereocenters. The first-order chi connectivity index (χ1) is 9.30. The van der Waals surface area contributed by atoms with Gasteiger partial charge in [-0.3, -0.25) is 9.63 Å². The van der Waals surface area contributed by atoms with E-state index in [0.717, 1.165) is 16.9 Å². The van der Waals surface area contributed by atoms with Crippen molar-refractivity contribution in [3.05, 3.63) is 29.6 Å². The fourth-order valence-electron chi connectivity index (χ4n) is 2.08. The van der Waals surface area contributed by atoms with Crippen molar-refractivity contribution >= 4 is 17.4 Å². The van der Waals surface area contributed by atoms with E-state index in [1.807, 2.05) is 51.4 Å². The SMILES string of the molecule is Cc1ccc2c(c1)nc(CN(C=O)OC(C)(C)C)n2C. The summed E-state index contributed by atoms with van der Waals surface area (Å²) >= 11 is 0. The van der Waals surface area contributed by atoms with Gasteiger partial charge in [-0.2, -0.15) is 0 Å². The summed E-state index contributed by atoms with van der Waals surface area (Å²) in [6, 6.07) is 6.13. The molecule has 0 aliphatic heterocycles. The van der Waals surface area contributed by atoms with E-state index in [-0.39, 0.29) is 0 Å². The monoisotopic (exact) mass is 275 g/mol. The highest BCUT2D eigenvalue weighted by molar-refractivity contribution is 5.76. The molecule has 0 saturated carbocycles. The van der Waals surface area contributed by atoms with Crippen LogP contribution in [0.25, 0.3) is 11.0 Å². The van der Waals surface area contributed by atoms with Crippen LogP contribution < -0.4 is 0 Å². The van der Waals surface area contributed by atoms with Gasteiger partial charge < -0.3 is 4.57 Å².